The monoisotopic (exact) mass is 399 g/mol. The minimum Gasteiger partial charge on any atom is -0.495 e. The van der Waals surface area contributed by atoms with Crippen LogP contribution < -0.4 is 15.0 Å². The van der Waals surface area contributed by atoms with Gasteiger partial charge in [-0.1, -0.05) is 24.3 Å². The number of halogens is 1. The average Bonchev–Trinajstić information content (AvgIpc) is 2.74. The van der Waals surface area contributed by atoms with E-state index in [1.807, 2.05) is 4.90 Å². The number of carbonyl (C=O) groups is 2. The molecule has 0 bridgehead atoms. The van der Waals surface area contributed by atoms with E-state index >= 15 is 0 Å². The average molecular weight is 399 g/mol. The molecule has 0 atom stereocenters. The minimum absolute atomic E-state index is 0.252. The van der Waals surface area contributed by atoms with Crippen molar-refractivity contribution in [1.82, 2.24) is 4.90 Å². The summed E-state index contributed by atoms with van der Waals surface area (Å²) in [6, 6.07) is 13.7. The van der Waals surface area contributed by atoms with Gasteiger partial charge in [0, 0.05) is 26.2 Å². The van der Waals surface area contributed by atoms with Crippen LogP contribution in [-0.4, -0.2) is 50.0 Å². The number of piperazine rings is 1. The van der Waals surface area contributed by atoms with Crippen molar-refractivity contribution in [2.75, 3.05) is 43.5 Å². The highest BCUT2D eigenvalue weighted by atomic mass is 19.1. The van der Waals surface area contributed by atoms with Crippen molar-refractivity contribution in [1.29, 1.82) is 0 Å². The maximum Gasteiger partial charge on any atom is 0.239 e. The van der Waals surface area contributed by atoms with Crippen molar-refractivity contribution < 1.29 is 18.7 Å². The lowest BCUT2D eigenvalue weighted by Crippen LogP contribution is -2.54. The van der Waals surface area contributed by atoms with Gasteiger partial charge in [0.25, 0.3) is 0 Å². The van der Waals surface area contributed by atoms with Crippen LogP contribution in [0.5, 0.6) is 5.75 Å². The molecule has 1 N–H and O–H groups in total. The standard InChI is InChI=1S/C22H26FN3O3/c1-22(2,20(27)24-17-9-5-7-11-19(17)29-3)21(28)26-14-12-25(13-15-26)18-10-6-4-8-16(18)23/h4-11H,12-15H2,1-3H3,(H,24,27). The zero-order valence-electron chi connectivity index (χ0n) is 16.9. The van der Waals surface area contributed by atoms with Crippen LogP contribution in [0.2, 0.25) is 0 Å². The highest BCUT2D eigenvalue weighted by molar-refractivity contribution is 6.10. The summed E-state index contributed by atoms with van der Waals surface area (Å²) in [6.07, 6.45) is 0. The first-order valence-electron chi connectivity index (χ1n) is 9.58. The van der Waals surface area contributed by atoms with Gasteiger partial charge >= 0.3 is 0 Å². The van der Waals surface area contributed by atoms with Crippen LogP contribution in [-0.2, 0) is 9.59 Å². The van der Waals surface area contributed by atoms with Crippen LogP contribution in [0.15, 0.2) is 48.5 Å². The number of hydrogen-bond acceptors (Lipinski definition) is 4. The Balaban J connectivity index is 1.65. The summed E-state index contributed by atoms with van der Waals surface area (Å²) in [4.78, 5) is 29.5. The second-order valence-electron chi connectivity index (χ2n) is 7.51. The van der Waals surface area contributed by atoms with E-state index in [1.54, 1.807) is 61.2 Å². The Morgan fingerprint density at radius 1 is 1.00 bits per heavy atom. The van der Waals surface area contributed by atoms with Gasteiger partial charge in [0.1, 0.15) is 17.0 Å². The first-order chi connectivity index (χ1) is 13.8. The molecule has 2 aromatic carbocycles. The topological polar surface area (TPSA) is 61.9 Å². The summed E-state index contributed by atoms with van der Waals surface area (Å²) >= 11 is 0. The van der Waals surface area contributed by atoms with Crippen molar-refractivity contribution >= 4 is 23.2 Å². The molecule has 0 aliphatic carbocycles. The number of ether oxygens (including phenoxy) is 1. The third-order valence-electron chi connectivity index (χ3n) is 5.22. The molecule has 0 aromatic heterocycles. The second kappa shape index (κ2) is 8.51. The maximum atomic E-state index is 14.0. The number of nitrogens with zero attached hydrogens (tertiary/aromatic N) is 2. The predicted molar refractivity (Wildman–Crippen MR) is 111 cm³/mol. The zero-order chi connectivity index (χ0) is 21.0. The van der Waals surface area contributed by atoms with Crippen LogP contribution in [0.25, 0.3) is 0 Å². The molecule has 6 nitrogen and oxygen atoms in total. The Hall–Kier alpha value is -3.09. The first-order valence-corrected chi connectivity index (χ1v) is 9.58. The predicted octanol–water partition coefficient (Wildman–Crippen LogP) is 3.15. The number of methoxy groups -OCH3 is 1. The van der Waals surface area contributed by atoms with Crippen molar-refractivity contribution in [2.45, 2.75) is 13.8 Å². The number of anilines is 2. The Morgan fingerprint density at radius 2 is 1.62 bits per heavy atom. The quantitative estimate of drug-likeness (QED) is 0.785. The molecule has 154 valence electrons. The smallest absolute Gasteiger partial charge is 0.239 e. The van der Waals surface area contributed by atoms with Gasteiger partial charge in [-0.15, -0.1) is 0 Å². The number of nitrogens with one attached hydrogen (secondary N) is 1. The largest absolute Gasteiger partial charge is 0.495 e. The molecule has 0 radical (unpaired) electrons. The molecule has 2 aromatic rings. The van der Waals surface area contributed by atoms with E-state index in [4.69, 9.17) is 4.74 Å². The molecule has 0 saturated carbocycles. The van der Waals surface area contributed by atoms with Crippen LogP contribution in [0.1, 0.15) is 13.8 Å². The van der Waals surface area contributed by atoms with Gasteiger partial charge in [0.15, 0.2) is 0 Å². The van der Waals surface area contributed by atoms with Crippen LogP contribution in [0.3, 0.4) is 0 Å². The van der Waals surface area contributed by atoms with Crippen molar-refractivity contribution in [3.8, 4) is 5.75 Å². The van der Waals surface area contributed by atoms with E-state index in [0.29, 0.717) is 43.3 Å². The summed E-state index contributed by atoms with van der Waals surface area (Å²) in [5, 5.41) is 2.79. The normalized spacial score (nSPS) is 14.5. The van der Waals surface area contributed by atoms with E-state index in [9.17, 15) is 14.0 Å². The van der Waals surface area contributed by atoms with E-state index < -0.39 is 11.3 Å². The van der Waals surface area contributed by atoms with Crippen molar-refractivity contribution in [3.05, 3.63) is 54.3 Å². The number of amides is 2. The molecule has 1 saturated heterocycles. The van der Waals surface area contributed by atoms with E-state index in [0.717, 1.165) is 0 Å². The molecule has 1 aliphatic rings. The maximum absolute atomic E-state index is 14.0. The third kappa shape index (κ3) is 4.34. The lowest BCUT2D eigenvalue weighted by atomic mass is 9.89. The minimum atomic E-state index is -1.25. The highest BCUT2D eigenvalue weighted by Gasteiger charge is 2.40. The molecule has 0 spiro atoms. The van der Waals surface area contributed by atoms with Crippen molar-refractivity contribution in [2.24, 2.45) is 5.41 Å². The van der Waals surface area contributed by atoms with Gasteiger partial charge in [-0.05, 0) is 38.1 Å². The summed E-state index contributed by atoms with van der Waals surface area (Å²) in [7, 11) is 1.52. The fraction of sp³-hybridized carbons (Fsp3) is 0.364. The Morgan fingerprint density at radius 3 is 2.28 bits per heavy atom. The summed E-state index contributed by atoms with van der Waals surface area (Å²) in [6.45, 7) is 5.11. The number of para-hydroxylation sites is 3. The molecule has 7 heteroatoms. The first kappa shape index (κ1) is 20.6. The molecule has 2 amide bonds. The SMILES string of the molecule is COc1ccccc1NC(=O)C(C)(C)C(=O)N1CCN(c2ccccc2F)CC1. The van der Waals surface area contributed by atoms with Crippen molar-refractivity contribution in [3.63, 3.8) is 0 Å². The number of carbonyl (C=O) groups excluding carboxylic acids is 2. The van der Waals surface area contributed by atoms with Gasteiger partial charge in [0.2, 0.25) is 11.8 Å². The Labute approximate surface area is 170 Å². The van der Waals surface area contributed by atoms with Gasteiger partial charge in [-0.25, -0.2) is 4.39 Å². The van der Waals surface area contributed by atoms with Gasteiger partial charge in [-0.2, -0.15) is 0 Å². The van der Waals surface area contributed by atoms with E-state index in [1.165, 1.54) is 13.2 Å². The number of rotatable bonds is 5. The molecule has 0 unspecified atom stereocenters. The molecular formula is C22H26FN3O3. The molecule has 3 rings (SSSR count). The second-order valence-corrected chi connectivity index (χ2v) is 7.51. The number of benzene rings is 2. The fourth-order valence-electron chi connectivity index (χ4n) is 3.38. The molecule has 29 heavy (non-hydrogen) atoms. The van der Waals surface area contributed by atoms with Gasteiger partial charge in [0.05, 0.1) is 18.5 Å². The van der Waals surface area contributed by atoms with Gasteiger partial charge < -0.3 is 19.9 Å². The van der Waals surface area contributed by atoms with Crippen LogP contribution in [0.4, 0.5) is 15.8 Å². The third-order valence-corrected chi connectivity index (χ3v) is 5.22. The molecule has 1 aliphatic heterocycles. The lowest BCUT2D eigenvalue weighted by Gasteiger charge is -2.39. The Bertz CT molecular complexity index is 892. The molecule has 1 heterocycles. The fourth-order valence-corrected chi connectivity index (χ4v) is 3.38. The zero-order valence-corrected chi connectivity index (χ0v) is 16.9. The summed E-state index contributed by atoms with van der Waals surface area (Å²) < 4.78 is 19.3. The van der Waals surface area contributed by atoms with E-state index in [2.05, 4.69) is 5.32 Å². The van der Waals surface area contributed by atoms with Gasteiger partial charge in [-0.3, -0.25) is 9.59 Å². The number of hydrogen-bond donors (Lipinski definition) is 1. The molecule has 1 fully saturated rings. The highest BCUT2D eigenvalue weighted by Crippen LogP contribution is 2.28. The lowest BCUT2D eigenvalue weighted by molar-refractivity contribution is -0.146. The van der Waals surface area contributed by atoms with Crippen LogP contribution >= 0.6 is 0 Å². The van der Waals surface area contributed by atoms with Crippen LogP contribution in [0, 0.1) is 11.2 Å². The summed E-state index contributed by atoms with van der Waals surface area (Å²) in [5.74, 6) is -0.395. The molecular weight excluding hydrogens is 373 g/mol. The van der Waals surface area contributed by atoms with E-state index in [-0.39, 0.29) is 11.7 Å². The Kier molecular flexibility index (Phi) is 6.06. The summed E-state index contributed by atoms with van der Waals surface area (Å²) in [5.41, 5.74) is -0.195.